The summed E-state index contributed by atoms with van der Waals surface area (Å²) < 4.78 is 5.41. The number of anilines is 1. The smallest absolute Gasteiger partial charge is 0.267 e. The molecule has 0 aliphatic carbocycles. The van der Waals surface area contributed by atoms with Crippen LogP contribution in [0.2, 0.25) is 0 Å². The Balaban J connectivity index is 1.62. The van der Waals surface area contributed by atoms with Crippen molar-refractivity contribution in [3.8, 4) is 0 Å². The van der Waals surface area contributed by atoms with Gasteiger partial charge >= 0.3 is 0 Å². The van der Waals surface area contributed by atoms with Crippen LogP contribution in [-0.4, -0.2) is 42.3 Å². The van der Waals surface area contributed by atoms with Crippen molar-refractivity contribution in [2.24, 2.45) is 0 Å². The van der Waals surface area contributed by atoms with Gasteiger partial charge < -0.3 is 10.1 Å². The molecule has 3 rings (SSSR count). The van der Waals surface area contributed by atoms with Crippen LogP contribution in [0, 0.1) is 0 Å². The number of nitrogens with zero attached hydrogens (tertiary/aromatic N) is 1. The van der Waals surface area contributed by atoms with E-state index in [2.05, 4.69) is 34.5 Å². The molecule has 2 aromatic rings. The second kappa shape index (κ2) is 9.87. The van der Waals surface area contributed by atoms with Crippen molar-refractivity contribution in [3.05, 3.63) is 71.3 Å². The van der Waals surface area contributed by atoms with Gasteiger partial charge in [0, 0.05) is 37.9 Å². The van der Waals surface area contributed by atoms with E-state index in [4.69, 9.17) is 9.94 Å². The number of carbonyl (C=O) groups is 1. The molecule has 6 nitrogen and oxygen atoms in total. The van der Waals surface area contributed by atoms with Crippen LogP contribution in [-0.2, 0) is 22.6 Å². The molecular formula is C21H25N3O3. The first-order valence-corrected chi connectivity index (χ1v) is 9.07. The fraction of sp³-hybridized carbons (Fsp3) is 0.286. The van der Waals surface area contributed by atoms with Crippen LogP contribution in [0.25, 0.3) is 6.08 Å². The molecule has 6 heteroatoms. The summed E-state index contributed by atoms with van der Waals surface area (Å²) in [5.41, 5.74) is 5.90. The van der Waals surface area contributed by atoms with E-state index in [0.717, 1.165) is 44.1 Å². The van der Waals surface area contributed by atoms with Gasteiger partial charge in [0.1, 0.15) is 0 Å². The molecule has 1 heterocycles. The number of carbonyl (C=O) groups excluding carboxylic acids is 1. The monoisotopic (exact) mass is 367 g/mol. The fourth-order valence-corrected chi connectivity index (χ4v) is 3.06. The largest absolute Gasteiger partial charge is 0.380 e. The summed E-state index contributed by atoms with van der Waals surface area (Å²) in [4.78, 5) is 13.6. The third-order valence-corrected chi connectivity index (χ3v) is 4.47. The summed E-state index contributed by atoms with van der Waals surface area (Å²) in [5, 5.41) is 12.0. The van der Waals surface area contributed by atoms with Gasteiger partial charge in [-0.25, -0.2) is 5.48 Å². The van der Waals surface area contributed by atoms with Crippen molar-refractivity contribution in [1.82, 2.24) is 10.4 Å². The lowest BCUT2D eigenvalue weighted by Crippen LogP contribution is -2.35. The summed E-state index contributed by atoms with van der Waals surface area (Å²) >= 11 is 0. The van der Waals surface area contributed by atoms with Crippen LogP contribution < -0.4 is 10.8 Å². The molecule has 1 saturated heterocycles. The normalized spacial score (nSPS) is 15.0. The average Bonchev–Trinajstić information content (AvgIpc) is 2.72. The predicted molar refractivity (Wildman–Crippen MR) is 105 cm³/mol. The molecule has 1 amide bonds. The minimum atomic E-state index is -0.555. The van der Waals surface area contributed by atoms with Crippen LogP contribution in [0.1, 0.15) is 16.7 Å². The number of amides is 1. The van der Waals surface area contributed by atoms with Crippen molar-refractivity contribution in [1.29, 1.82) is 0 Å². The Bertz CT molecular complexity index is 786. The first-order valence-electron chi connectivity index (χ1n) is 9.07. The van der Waals surface area contributed by atoms with Gasteiger partial charge in [0.15, 0.2) is 0 Å². The Morgan fingerprint density at radius 3 is 2.70 bits per heavy atom. The first-order chi connectivity index (χ1) is 13.2. The average molecular weight is 367 g/mol. The molecule has 0 spiro atoms. The van der Waals surface area contributed by atoms with Gasteiger partial charge in [-0.05, 0) is 28.8 Å². The Hall–Kier alpha value is -2.67. The number of ether oxygens (including phenoxy) is 1. The Kier molecular flexibility index (Phi) is 6.98. The molecule has 2 aromatic carbocycles. The number of para-hydroxylation sites is 1. The Morgan fingerprint density at radius 2 is 1.89 bits per heavy atom. The van der Waals surface area contributed by atoms with E-state index in [1.807, 2.05) is 24.3 Å². The van der Waals surface area contributed by atoms with Crippen LogP contribution in [0.5, 0.6) is 0 Å². The van der Waals surface area contributed by atoms with E-state index in [1.54, 1.807) is 11.6 Å². The second-order valence-electron chi connectivity index (χ2n) is 6.46. The molecule has 1 fully saturated rings. The quantitative estimate of drug-likeness (QED) is 0.399. The summed E-state index contributed by atoms with van der Waals surface area (Å²) in [6, 6.07) is 16.3. The van der Waals surface area contributed by atoms with E-state index < -0.39 is 5.91 Å². The number of benzene rings is 2. The van der Waals surface area contributed by atoms with Crippen molar-refractivity contribution in [2.75, 3.05) is 31.6 Å². The molecule has 0 atom stereocenters. The zero-order valence-corrected chi connectivity index (χ0v) is 15.2. The number of nitrogens with one attached hydrogen (secondary N) is 2. The molecule has 0 radical (unpaired) electrons. The van der Waals surface area contributed by atoms with Crippen LogP contribution in [0.3, 0.4) is 0 Å². The minimum absolute atomic E-state index is 0.555. The number of rotatable bonds is 7. The van der Waals surface area contributed by atoms with Crippen LogP contribution >= 0.6 is 0 Å². The lowest BCUT2D eigenvalue weighted by molar-refractivity contribution is -0.124. The molecular weight excluding hydrogens is 342 g/mol. The maximum Gasteiger partial charge on any atom is 0.267 e. The Morgan fingerprint density at radius 1 is 1.11 bits per heavy atom. The topological polar surface area (TPSA) is 73.8 Å². The van der Waals surface area contributed by atoms with Crippen molar-refractivity contribution >= 4 is 17.7 Å². The lowest BCUT2D eigenvalue weighted by Gasteiger charge is -2.26. The van der Waals surface area contributed by atoms with Crippen molar-refractivity contribution in [2.45, 2.75) is 13.1 Å². The van der Waals surface area contributed by atoms with Gasteiger partial charge in [-0.3, -0.25) is 14.9 Å². The zero-order valence-electron chi connectivity index (χ0n) is 15.2. The number of hydrogen-bond donors (Lipinski definition) is 3. The third-order valence-electron chi connectivity index (χ3n) is 4.47. The Labute approximate surface area is 159 Å². The van der Waals surface area contributed by atoms with E-state index in [1.165, 1.54) is 17.2 Å². The molecule has 3 N–H and O–H groups in total. The second-order valence-corrected chi connectivity index (χ2v) is 6.46. The van der Waals surface area contributed by atoms with Crippen LogP contribution in [0.15, 0.2) is 54.6 Å². The molecule has 0 aromatic heterocycles. The van der Waals surface area contributed by atoms with Gasteiger partial charge in [0.05, 0.1) is 13.2 Å². The maximum absolute atomic E-state index is 11.2. The van der Waals surface area contributed by atoms with Gasteiger partial charge in [0.2, 0.25) is 0 Å². The molecule has 1 aliphatic rings. The van der Waals surface area contributed by atoms with Gasteiger partial charge in [-0.15, -0.1) is 0 Å². The van der Waals surface area contributed by atoms with Crippen molar-refractivity contribution in [3.63, 3.8) is 0 Å². The van der Waals surface area contributed by atoms with Gasteiger partial charge in [-0.2, -0.15) is 0 Å². The lowest BCUT2D eigenvalue weighted by atomic mass is 10.1. The standard InChI is InChI=1S/C21H25N3O3/c25-21(23-26)9-8-19-6-1-2-7-20(19)22-15-17-4-3-5-18(14-17)16-24-10-12-27-13-11-24/h1-9,14,22,26H,10-13,15-16H2,(H,23,25)/b9-8+. The number of morpholine rings is 1. The van der Waals surface area contributed by atoms with Crippen LogP contribution in [0.4, 0.5) is 5.69 Å². The zero-order chi connectivity index (χ0) is 18.9. The highest BCUT2D eigenvalue weighted by atomic mass is 16.5. The highest BCUT2D eigenvalue weighted by molar-refractivity contribution is 5.91. The molecule has 0 saturated carbocycles. The van der Waals surface area contributed by atoms with E-state index in [-0.39, 0.29) is 0 Å². The summed E-state index contributed by atoms with van der Waals surface area (Å²) in [5.74, 6) is -0.555. The summed E-state index contributed by atoms with van der Waals surface area (Å²) in [7, 11) is 0. The minimum Gasteiger partial charge on any atom is -0.380 e. The van der Waals surface area contributed by atoms with E-state index in [9.17, 15) is 4.79 Å². The fourth-order valence-electron chi connectivity index (χ4n) is 3.06. The van der Waals surface area contributed by atoms with Gasteiger partial charge in [-0.1, -0.05) is 42.5 Å². The predicted octanol–water partition coefficient (Wildman–Crippen LogP) is 2.65. The molecule has 142 valence electrons. The van der Waals surface area contributed by atoms with Gasteiger partial charge in [0.25, 0.3) is 5.91 Å². The number of hydrogen-bond acceptors (Lipinski definition) is 5. The van der Waals surface area contributed by atoms with E-state index >= 15 is 0 Å². The van der Waals surface area contributed by atoms with Crippen molar-refractivity contribution < 1.29 is 14.7 Å². The van der Waals surface area contributed by atoms with E-state index in [0.29, 0.717) is 6.54 Å². The highest BCUT2D eigenvalue weighted by Gasteiger charge is 2.10. The molecule has 0 bridgehead atoms. The number of hydroxylamine groups is 1. The molecule has 0 unspecified atom stereocenters. The SMILES string of the molecule is O=C(/C=C/c1ccccc1NCc1cccc(CN2CCOCC2)c1)NO. The first kappa shape index (κ1) is 19.1. The summed E-state index contributed by atoms with van der Waals surface area (Å²) in [6.07, 6.45) is 2.96. The maximum atomic E-state index is 11.2. The molecule has 27 heavy (non-hydrogen) atoms. The highest BCUT2D eigenvalue weighted by Crippen LogP contribution is 2.18. The third kappa shape index (κ3) is 5.92. The summed E-state index contributed by atoms with van der Waals surface area (Å²) in [6.45, 7) is 5.19. The molecule has 1 aliphatic heterocycles.